The van der Waals surface area contributed by atoms with Gasteiger partial charge < -0.3 is 19.8 Å². The molecule has 1 aliphatic rings. The maximum Gasteiger partial charge on any atom is 0.255 e. The van der Waals surface area contributed by atoms with Crippen LogP contribution in [0.4, 0.5) is 0 Å². The van der Waals surface area contributed by atoms with Gasteiger partial charge in [-0.15, -0.1) is 12.4 Å². The van der Waals surface area contributed by atoms with Crippen LogP contribution in [-0.4, -0.2) is 28.4 Å². The number of nitrogens with one attached hydrogen (secondary N) is 2. The largest absolute Gasteiger partial charge is 0.491 e. The number of halogens is 1. The van der Waals surface area contributed by atoms with E-state index in [0.29, 0.717) is 24.5 Å². The number of benzene rings is 1. The van der Waals surface area contributed by atoms with E-state index in [1.165, 1.54) is 0 Å². The van der Waals surface area contributed by atoms with E-state index < -0.39 is 5.54 Å². The van der Waals surface area contributed by atoms with Crippen LogP contribution < -0.4 is 15.4 Å². The van der Waals surface area contributed by atoms with Crippen LogP contribution in [0.5, 0.6) is 5.75 Å². The van der Waals surface area contributed by atoms with Gasteiger partial charge in [0.05, 0.1) is 22.3 Å². The van der Waals surface area contributed by atoms with Crippen molar-refractivity contribution in [1.82, 2.24) is 20.0 Å². The fraction of sp³-hybridized carbons (Fsp3) is 0.364. The van der Waals surface area contributed by atoms with Gasteiger partial charge in [-0.05, 0) is 45.4 Å². The summed E-state index contributed by atoms with van der Waals surface area (Å²) in [5.74, 6) is 1.31. The van der Waals surface area contributed by atoms with Gasteiger partial charge in [0.1, 0.15) is 18.2 Å². The van der Waals surface area contributed by atoms with Crippen LogP contribution in [0.25, 0.3) is 5.52 Å². The van der Waals surface area contributed by atoms with Gasteiger partial charge in [-0.3, -0.25) is 4.79 Å². The fourth-order valence-electron chi connectivity index (χ4n) is 3.89. The second kappa shape index (κ2) is 8.05. The predicted molar refractivity (Wildman–Crippen MR) is 116 cm³/mol. The minimum Gasteiger partial charge on any atom is -0.491 e. The van der Waals surface area contributed by atoms with Crippen molar-refractivity contribution in [3.8, 4) is 5.75 Å². The summed E-state index contributed by atoms with van der Waals surface area (Å²) >= 11 is 0. The van der Waals surface area contributed by atoms with Crippen LogP contribution in [0.2, 0.25) is 0 Å². The zero-order valence-electron chi connectivity index (χ0n) is 17.2. The number of nitrogens with zero attached hydrogens (tertiary/aromatic N) is 2. The van der Waals surface area contributed by atoms with Gasteiger partial charge in [0, 0.05) is 24.8 Å². The van der Waals surface area contributed by atoms with Crippen molar-refractivity contribution in [2.45, 2.75) is 39.8 Å². The van der Waals surface area contributed by atoms with Crippen LogP contribution in [0, 0.1) is 13.8 Å². The van der Waals surface area contributed by atoms with Crippen LogP contribution in [0.1, 0.15) is 46.9 Å². The molecule has 1 aromatic carbocycles. The summed E-state index contributed by atoms with van der Waals surface area (Å²) in [7, 11) is 0. The molecule has 0 radical (unpaired) electrons. The Kier molecular flexibility index (Phi) is 5.87. The second-order valence-electron chi connectivity index (χ2n) is 7.83. The average Bonchev–Trinajstić information content (AvgIpc) is 2.85. The van der Waals surface area contributed by atoms with Gasteiger partial charge in [-0.25, -0.2) is 4.98 Å². The molecule has 1 aliphatic heterocycles. The average molecular weight is 415 g/mol. The normalized spacial score (nSPS) is 13.8. The number of imidazole rings is 1. The lowest BCUT2D eigenvalue weighted by Gasteiger charge is -2.26. The minimum atomic E-state index is -0.659. The number of carbonyl (C=O) groups excluding carboxylic acids is 1. The number of pyridine rings is 1. The van der Waals surface area contributed by atoms with Gasteiger partial charge in [-0.2, -0.15) is 0 Å². The summed E-state index contributed by atoms with van der Waals surface area (Å²) in [6, 6.07) is 9.78. The van der Waals surface area contributed by atoms with E-state index in [0.717, 1.165) is 34.7 Å². The first-order valence-electron chi connectivity index (χ1n) is 9.61. The fourth-order valence-corrected chi connectivity index (χ4v) is 3.89. The molecule has 2 N–H and O–H groups in total. The number of ether oxygens (including phenoxy) is 1. The van der Waals surface area contributed by atoms with E-state index in [1.54, 1.807) is 0 Å². The number of para-hydroxylation sites is 1. The van der Waals surface area contributed by atoms with E-state index in [2.05, 4.69) is 28.0 Å². The molecule has 6 nitrogen and oxygen atoms in total. The Morgan fingerprint density at radius 1 is 1.24 bits per heavy atom. The molecule has 0 fully saturated rings. The molecule has 1 amide bonds. The Hall–Kier alpha value is -2.57. The Morgan fingerprint density at radius 2 is 2.03 bits per heavy atom. The summed E-state index contributed by atoms with van der Waals surface area (Å²) in [5, 5.41) is 6.46. The van der Waals surface area contributed by atoms with Crippen molar-refractivity contribution in [2.24, 2.45) is 0 Å². The summed E-state index contributed by atoms with van der Waals surface area (Å²) in [5.41, 5.74) is 4.11. The zero-order valence-corrected chi connectivity index (χ0v) is 18.0. The van der Waals surface area contributed by atoms with E-state index in [4.69, 9.17) is 9.72 Å². The lowest BCUT2D eigenvalue weighted by Crippen LogP contribution is -2.42. The van der Waals surface area contributed by atoms with Crippen molar-refractivity contribution in [3.63, 3.8) is 0 Å². The number of hydrogen-bond donors (Lipinski definition) is 2. The molecule has 4 rings (SSSR count). The van der Waals surface area contributed by atoms with Crippen molar-refractivity contribution in [2.75, 3.05) is 13.2 Å². The maximum atomic E-state index is 13.2. The lowest BCUT2D eigenvalue weighted by atomic mass is 10.0. The molecule has 0 atom stereocenters. The number of aromatic nitrogens is 2. The Labute approximate surface area is 177 Å². The predicted octanol–water partition coefficient (Wildman–Crippen LogP) is 3.52. The number of carbonyl (C=O) groups is 1. The van der Waals surface area contributed by atoms with Crippen molar-refractivity contribution in [1.29, 1.82) is 0 Å². The highest BCUT2D eigenvalue weighted by Crippen LogP contribution is 2.28. The molecule has 3 aromatic rings. The molecule has 0 aliphatic carbocycles. The molecule has 7 heteroatoms. The van der Waals surface area contributed by atoms with Gasteiger partial charge in [-0.1, -0.05) is 18.2 Å². The smallest absolute Gasteiger partial charge is 0.255 e. The van der Waals surface area contributed by atoms with E-state index in [1.807, 2.05) is 51.2 Å². The molecule has 0 unspecified atom stereocenters. The third-order valence-electron chi connectivity index (χ3n) is 5.21. The zero-order chi connectivity index (χ0) is 19.9. The lowest BCUT2D eigenvalue weighted by molar-refractivity contribution is 0.0904. The minimum absolute atomic E-state index is 0. The molecular weight excluding hydrogens is 388 g/mol. The van der Waals surface area contributed by atoms with Crippen LogP contribution in [-0.2, 0) is 12.1 Å². The monoisotopic (exact) mass is 414 g/mol. The first kappa shape index (κ1) is 21.1. The number of amides is 1. The SMILES string of the molecule is Cc1cccn2c(C(C)(C)NC(=O)c3cccc4c3OCCNC4)nc(C)c12.Cl. The summed E-state index contributed by atoms with van der Waals surface area (Å²) in [6.45, 7) is 10.0. The van der Waals surface area contributed by atoms with Gasteiger partial charge in [0.15, 0.2) is 0 Å². The summed E-state index contributed by atoms with van der Waals surface area (Å²) in [4.78, 5) is 18.0. The number of rotatable bonds is 3. The molecule has 0 bridgehead atoms. The molecule has 154 valence electrons. The van der Waals surface area contributed by atoms with E-state index in [-0.39, 0.29) is 18.3 Å². The summed E-state index contributed by atoms with van der Waals surface area (Å²) in [6.07, 6.45) is 1.99. The second-order valence-corrected chi connectivity index (χ2v) is 7.83. The Balaban J connectivity index is 0.00000240. The topological polar surface area (TPSA) is 67.7 Å². The molecule has 0 spiro atoms. The molecular formula is C22H27ClN4O2. The quantitative estimate of drug-likeness (QED) is 0.688. The molecule has 2 aromatic heterocycles. The van der Waals surface area contributed by atoms with Crippen LogP contribution >= 0.6 is 12.4 Å². The van der Waals surface area contributed by atoms with Crippen LogP contribution in [0.15, 0.2) is 36.5 Å². The van der Waals surface area contributed by atoms with Gasteiger partial charge >= 0.3 is 0 Å². The number of hydrogen-bond acceptors (Lipinski definition) is 4. The van der Waals surface area contributed by atoms with Gasteiger partial charge in [0.25, 0.3) is 5.91 Å². The highest BCUT2D eigenvalue weighted by atomic mass is 35.5. The maximum absolute atomic E-state index is 13.2. The highest BCUT2D eigenvalue weighted by Gasteiger charge is 2.30. The third-order valence-corrected chi connectivity index (χ3v) is 5.21. The Morgan fingerprint density at radius 3 is 2.83 bits per heavy atom. The number of aryl methyl sites for hydroxylation is 2. The van der Waals surface area contributed by atoms with E-state index in [9.17, 15) is 4.79 Å². The standard InChI is InChI=1S/C22H26N4O2.ClH/c1-14-7-6-11-26-18(14)15(2)24-21(26)22(3,4)25-20(27)17-9-5-8-16-13-23-10-12-28-19(16)17;/h5-9,11,23H,10,12-13H2,1-4H3,(H,25,27);1H. The van der Waals surface area contributed by atoms with Crippen molar-refractivity contribution < 1.29 is 9.53 Å². The molecule has 29 heavy (non-hydrogen) atoms. The number of fused-ring (bicyclic) bond motifs is 2. The van der Waals surface area contributed by atoms with E-state index >= 15 is 0 Å². The van der Waals surface area contributed by atoms with Crippen molar-refractivity contribution in [3.05, 3.63) is 64.7 Å². The summed E-state index contributed by atoms with van der Waals surface area (Å²) < 4.78 is 7.93. The third kappa shape index (κ3) is 3.82. The first-order chi connectivity index (χ1) is 13.4. The Bertz CT molecular complexity index is 1060. The highest BCUT2D eigenvalue weighted by molar-refractivity contribution is 5.97. The van der Waals surface area contributed by atoms with Gasteiger partial charge in [0.2, 0.25) is 0 Å². The first-order valence-corrected chi connectivity index (χ1v) is 9.61. The van der Waals surface area contributed by atoms with Crippen molar-refractivity contribution >= 4 is 23.8 Å². The molecule has 3 heterocycles. The van der Waals surface area contributed by atoms with Crippen LogP contribution in [0.3, 0.4) is 0 Å². The molecule has 0 saturated heterocycles. The molecule has 0 saturated carbocycles.